The fraction of sp³-hybridized carbons (Fsp3) is 0.167. The summed E-state index contributed by atoms with van der Waals surface area (Å²) in [6.45, 7) is 0.188. The molecule has 7 nitrogen and oxygen atoms in total. The van der Waals surface area contributed by atoms with Gasteiger partial charge in [-0.3, -0.25) is 9.59 Å². The van der Waals surface area contributed by atoms with E-state index in [0.29, 0.717) is 17.1 Å². The second-order valence-corrected chi connectivity index (χ2v) is 5.48. The maximum atomic E-state index is 12.1. The molecule has 0 radical (unpaired) electrons. The van der Waals surface area contributed by atoms with Gasteiger partial charge in [0.15, 0.2) is 6.61 Å². The zero-order valence-electron chi connectivity index (χ0n) is 13.3. The molecule has 1 aliphatic heterocycles. The summed E-state index contributed by atoms with van der Waals surface area (Å²) in [6, 6.07) is 13.1. The summed E-state index contributed by atoms with van der Waals surface area (Å²) in [4.78, 5) is 36.5. The monoisotopic (exact) mass is 340 g/mol. The smallest absolute Gasteiger partial charge is 0.335 e. The molecule has 0 atom stereocenters. The highest BCUT2D eigenvalue weighted by Gasteiger charge is 2.25. The van der Waals surface area contributed by atoms with E-state index in [1.54, 1.807) is 18.2 Å². The molecule has 0 fully saturated rings. The molecule has 0 unspecified atom stereocenters. The Kier molecular flexibility index (Phi) is 4.65. The summed E-state index contributed by atoms with van der Waals surface area (Å²) in [5, 5.41) is 11.5. The molecule has 0 spiro atoms. The van der Waals surface area contributed by atoms with E-state index in [9.17, 15) is 14.4 Å². The van der Waals surface area contributed by atoms with E-state index in [2.05, 4.69) is 5.32 Å². The van der Waals surface area contributed by atoms with Crippen LogP contribution in [0.15, 0.2) is 48.5 Å². The third-order valence-corrected chi connectivity index (χ3v) is 3.79. The molecule has 0 aliphatic carbocycles. The van der Waals surface area contributed by atoms with Gasteiger partial charge in [0.25, 0.3) is 5.91 Å². The minimum atomic E-state index is -1.03. The van der Waals surface area contributed by atoms with Gasteiger partial charge in [0, 0.05) is 18.7 Å². The molecule has 1 heterocycles. The number of hydrogen-bond acceptors (Lipinski definition) is 4. The van der Waals surface area contributed by atoms with Crippen LogP contribution in [0.4, 0.5) is 11.4 Å². The highest BCUT2D eigenvalue weighted by Crippen LogP contribution is 2.31. The lowest BCUT2D eigenvalue weighted by molar-refractivity contribution is -0.121. The second kappa shape index (κ2) is 7.04. The number of rotatable bonds is 5. The molecule has 3 rings (SSSR count). The van der Waals surface area contributed by atoms with Crippen molar-refractivity contribution in [1.29, 1.82) is 0 Å². The maximum absolute atomic E-state index is 12.1. The van der Waals surface area contributed by atoms with Crippen molar-refractivity contribution < 1.29 is 24.2 Å². The first-order valence-electron chi connectivity index (χ1n) is 7.70. The van der Waals surface area contributed by atoms with Crippen LogP contribution >= 0.6 is 0 Å². The van der Waals surface area contributed by atoms with Crippen molar-refractivity contribution in [2.45, 2.75) is 6.42 Å². The Labute approximate surface area is 143 Å². The van der Waals surface area contributed by atoms with Gasteiger partial charge in [0.05, 0.1) is 11.3 Å². The number of carbonyl (C=O) groups is 3. The Bertz CT molecular complexity index is 816. The Morgan fingerprint density at radius 2 is 1.84 bits per heavy atom. The van der Waals surface area contributed by atoms with Crippen LogP contribution in [0.2, 0.25) is 0 Å². The number of anilines is 2. The molecule has 2 aromatic rings. The standard InChI is InChI=1S/C18H16N2O5/c21-16(19-13-7-5-12(6-8-13)18(23)24)9-10-20-14-3-1-2-4-15(14)25-11-17(20)22/h1-8H,9-11H2,(H,19,21)(H,23,24). The summed E-state index contributed by atoms with van der Waals surface area (Å²) in [5.41, 5.74) is 1.30. The summed E-state index contributed by atoms with van der Waals surface area (Å²) in [5.74, 6) is -0.869. The van der Waals surface area contributed by atoms with E-state index in [1.165, 1.54) is 29.2 Å². The van der Waals surface area contributed by atoms with Crippen molar-refractivity contribution >= 4 is 29.2 Å². The van der Waals surface area contributed by atoms with Crippen LogP contribution in [-0.2, 0) is 9.59 Å². The number of amides is 2. The summed E-state index contributed by atoms with van der Waals surface area (Å²) < 4.78 is 5.36. The zero-order valence-corrected chi connectivity index (χ0v) is 13.3. The predicted octanol–water partition coefficient (Wildman–Crippen LogP) is 2.14. The molecule has 0 saturated carbocycles. The number of aromatic carboxylic acids is 1. The zero-order chi connectivity index (χ0) is 17.8. The Balaban J connectivity index is 1.60. The molecule has 25 heavy (non-hydrogen) atoms. The Morgan fingerprint density at radius 3 is 2.56 bits per heavy atom. The number of hydrogen-bond donors (Lipinski definition) is 2. The SMILES string of the molecule is O=C(CCN1C(=O)COc2ccccc21)Nc1ccc(C(=O)O)cc1. The summed E-state index contributed by atoms with van der Waals surface area (Å²) in [6.07, 6.45) is 0.112. The molecule has 0 aromatic heterocycles. The number of para-hydroxylation sites is 2. The van der Waals surface area contributed by atoms with E-state index < -0.39 is 5.97 Å². The third-order valence-electron chi connectivity index (χ3n) is 3.79. The minimum absolute atomic E-state index is 0.0463. The largest absolute Gasteiger partial charge is 0.482 e. The highest BCUT2D eigenvalue weighted by atomic mass is 16.5. The molecular weight excluding hydrogens is 324 g/mol. The van der Waals surface area contributed by atoms with Gasteiger partial charge >= 0.3 is 5.97 Å². The van der Waals surface area contributed by atoms with Gasteiger partial charge in [-0.25, -0.2) is 4.79 Å². The van der Waals surface area contributed by atoms with Gasteiger partial charge in [-0.2, -0.15) is 0 Å². The quantitative estimate of drug-likeness (QED) is 0.869. The number of ether oxygens (including phenoxy) is 1. The lowest BCUT2D eigenvalue weighted by Gasteiger charge is -2.29. The molecule has 2 N–H and O–H groups in total. The van der Waals surface area contributed by atoms with Crippen LogP contribution in [-0.4, -0.2) is 36.0 Å². The summed E-state index contributed by atoms with van der Waals surface area (Å²) >= 11 is 0. The number of benzene rings is 2. The van der Waals surface area contributed by atoms with E-state index >= 15 is 0 Å². The van der Waals surface area contributed by atoms with E-state index in [-0.39, 0.29) is 37.0 Å². The number of carboxylic acids is 1. The molecular formula is C18H16N2O5. The van der Waals surface area contributed by atoms with Gasteiger partial charge in [0.1, 0.15) is 5.75 Å². The first-order chi connectivity index (χ1) is 12.0. The van der Waals surface area contributed by atoms with Crippen molar-refractivity contribution in [3.05, 3.63) is 54.1 Å². The molecule has 7 heteroatoms. The van der Waals surface area contributed by atoms with Crippen molar-refractivity contribution in [2.75, 3.05) is 23.4 Å². The van der Waals surface area contributed by atoms with Crippen LogP contribution < -0.4 is 15.0 Å². The van der Waals surface area contributed by atoms with Crippen molar-refractivity contribution in [2.24, 2.45) is 0 Å². The van der Waals surface area contributed by atoms with Crippen molar-refractivity contribution in [1.82, 2.24) is 0 Å². The average Bonchev–Trinajstić information content (AvgIpc) is 2.61. The van der Waals surface area contributed by atoms with Crippen LogP contribution in [0.1, 0.15) is 16.8 Å². The van der Waals surface area contributed by atoms with Crippen LogP contribution in [0.25, 0.3) is 0 Å². The van der Waals surface area contributed by atoms with Gasteiger partial charge in [-0.15, -0.1) is 0 Å². The highest BCUT2D eigenvalue weighted by molar-refractivity contribution is 5.99. The predicted molar refractivity (Wildman–Crippen MR) is 90.9 cm³/mol. The minimum Gasteiger partial charge on any atom is -0.482 e. The molecule has 1 aliphatic rings. The number of carbonyl (C=O) groups excluding carboxylic acids is 2. The fourth-order valence-corrected chi connectivity index (χ4v) is 2.53. The molecule has 0 bridgehead atoms. The van der Waals surface area contributed by atoms with Crippen LogP contribution in [0.5, 0.6) is 5.75 Å². The van der Waals surface area contributed by atoms with Crippen LogP contribution in [0, 0.1) is 0 Å². The maximum Gasteiger partial charge on any atom is 0.335 e. The third kappa shape index (κ3) is 3.77. The first kappa shape index (κ1) is 16.5. The normalized spacial score (nSPS) is 13.0. The van der Waals surface area contributed by atoms with E-state index in [0.717, 1.165) is 0 Å². The van der Waals surface area contributed by atoms with Gasteiger partial charge < -0.3 is 20.1 Å². The molecule has 2 amide bonds. The van der Waals surface area contributed by atoms with Gasteiger partial charge in [0.2, 0.25) is 5.91 Å². The number of nitrogens with one attached hydrogen (secondary N) is 1. The van der Waals surface area contributed by atoms with Gasteiger partial charge in [-0.05, 0) is 36.4 Å². The van der Waals surface area contributed by atoms with Crippen LogP contribution in [0.3, 0.4) is 0 Å². The number of carboxylic acid groups (broad SMARTS) is 1. The second-order valence-electron chi connectivity index (χ2n) is 5.48. The number of fused-ring (bicyclic) bond motifs is 1. The lowest BCUT2D eigenvalue weighted by atomic mass is 10.2. The van der Waals surface area contributed by atoms with Crippen molar-refractivity contribution in [3.8, 4) is 5.75 Å². The Morgan fingerprint density at radius 1 is 1.12 bits per heavy atom. The van der Waals surface area contributed by atoms with E-state index in [4.69, 9.17) is 9.84 Å². The topological polar surface area (TPSA) is 95.9 Å². The summed E-state index contributed by atoms with van der Waals surface area (Å²) in [7, 11) is 0. The average molecular weight is 340 g/mol. The lowest BCUT2D eigenvalue weighted by Crippen LogP contribution is -2.40. The molecule has 0 saturated heterocycles. The molecule has 128 valence electrons. The Hall–Kier alpha value is -3.35. The van der Waals surface area contributed by atoms with E-state index in [1.807, 2.05) is 6.07 Å². The first-order valence-corrected chi connectivity index (χ1v) is 7.70. The fourth-order valence-electron chi connectivity index (χ4n) is 2.53. The number of nitrogens with zero attached hydrogens (tertiary/aromatic N) is 1. The van der Waals surface area contributed by atoms with Gasteiger partial charge in [-0.1, -0.05) is 12.1 Å². The molecule has 2 aromatic carbocycles. The van der Waals surface area contributed by atoms with Crippen molar-refractivity contribution in [3.63, 3.8) is 0 Å².